The molecule has 0 aliphatic heterocycles. The molecule has 0 saturated carbocycles. The number of halogens is 1. The molecule has 0 saturated heterocycles. The van der Waals surface area contributed by atoms with Gasteiger partial charge in [0.2, 0.25) is 0 Å². The summed E-state index contributed by atoms with van der Waals surface area (Å²) in [6.45, 7) is 0.883. The molecule has 0 amide bonds. The number of nitrogen functional groups attached to an aromatic ring is 2. The van der Waals surface area contributed by atoms with Crippen molar-refractivity contribution in [1.82, 2.24) is 4.72 Å². The van der Waals surface area contributed by atoms with Gasteiger partial charge in [-0.05, 0) is 59.9 Å². The van der Waals surface area contributed by atoms with E-state index in [0.29, 0.717) is 5.92 Å². The van der Waals surface area contributed by atoms with E-state index < -0.39 is 0 Å². The topological polar surface area (TPSA) is 64.1 Å². The summed E-state index contributed by atoms with van der Waals surface area (Å²) in [6.07, 6.45) is 1.07. The number of benzene rings is 3. The van der Waals surface area contributed by atoms with Gasteiger partial charge in [-0.25, -0.2) is 0 Å². The summed E-state index contributed by atoms with van der Waals surface area (Å²) >= 11 is 3.42. The fourth-order valence-corrected chi connectivity index (χ4v) is 4.63. The first-order chi connectivity index (χ1) is 13.2. The van der Waals surface area contributed by atoms with Crippen LogP contribution in [0.15, 0.2) is 88.7 Å². The maximum absolute atomic E-state index is 6.06. The van der Waals surface area contributed by atoms with Gasteiger partial charge in [-0.3, -0.25) is 4.72 Å². The van der Waals surface area contributed by atoms with Crippen LogP contribution in [0.4, 0.5) is 11.4 Å². The van der Waals surface area contributed by atoms with Gasteiger partial charge in [0, 0.05) is 27.7 Å². The molecule has 5 N–H and O–H groups in total. The van der Waals surface area contributed by atoms with Gasteiger partial charge < -0.3 is 11.5 Å². The minimum atomic E-state index is 0. The lowest BCUT2D eigenvalue weighted by Gasteiger charge is -2.18. The van der Waals surface area contributed by atoms with E-state index in [4.69, 9.17) is 11.5 Å². The number of nitrogens with one attached hydrogen (secondary N) is 1. The van der Waals surface area contributed by atoms with E-state index in [1.54, 1.807) is 11.9 Å². The normalized spacial score (nSPS) is 11.6. The van der Waals surface area contributed by atoms with E-state index in [2.05, 4.69) is 41.1 Å². The fourth-order valence-electron chi connectivity index (χ4n) is 2.83. The van der Waals surface area contributed by atoms with Crippen LogP contribution in [0.25, 0.3) is 0 Å². The number of nitrogens with two attached hydrogens (primary N) is 2. The number of hydrogen-bond acceptors (Lipinski definition) is 5. The SMILES string of the molecule is Cl.Nc1ccccc1SCCC(CNSc1ccccc1N)c1ccccc1. The van der Waals surface area contributed by atoms with Crippen molar-refractivity contribution in [2.75, 3.05) is 23.8 Å². The third-order valence-corrected chi connectivity index (χ3v) is 6.37. The Kier molecular flexibility index (Phi) is 9.58. The molecule has 1 atom stereocenters. The van der Waals surface area contributed by atoms with Gasteiger partial charge >= 0.3 is 0 Å². The second-order valence-electron chi connectivity index (χ2n) is 6.27. The Labute approximate surface area is 182 Å². The quantitative estimate of drug-likeness (QED) is 0.226. The maximum Gasteiger partial charge on any atom is 0.0465 e. The maximum atomic E-state index is 6.06. The van der Waals surface area contributed by atoms with Gasteiger partial charge in [-0.2, -0.15) is 0 Å². The summed E-state index contributed by atoms with van der Waals surface area (Å²) in [5.41, 5.74) is 15.1. The summed E-state index contributed by atoms with van der Waals surface area (Å²) < 4.78 is 3.50. The highest BCUT2D eigenvalue weighted by molar-refractivity contribution is 7.99. The van der Waals surface area contributed by atoms with Crippen LogP contribution in [-0.2, 0) is 0 Å². The van der Waals surface area contributed by atoms with E-state index in [1.165, 1.54) is 5.56 Å². The van der Waals surface area contributed by atoms with Crippen LogP contribution in [0.3, 0.4) is 0 Å². The molecule has 3 aromatic carbocycles. The predicted octanol–water partition coefficient (Wildman–Crippen LogP) is 5.84. The monoisotopic (exact) mass is 431 g/mol. The van der Waals surface area contributed by atoms with E-state index in [1.807, 2.05) is 54.2 Å². The third-order valence-electron chi connectivity index (χ3n) is 4.34. The molecule has 0 heterocycles. The first-order valence-corrected chi connectivity index (χ1v) is 10.8. The first kappa shape index (κ1) is 22.5. The van der Waals surface area contributed by atoms with Gasteiger partial charge in [0.15, 0.2) is 0 Å². The van der Waals surface area contributed by atoms with Crippen LogP contribution in [0, 0.1) is 0 Å². The molecule has 1 unspecified atom stereocenters. The molecule has 6 heteroatoms. The lowest BCUT2D eigenvalue weighted by Crippen LogP contribution is -2.16. The molecule has 0 aliphatic rings. The Morgan fingerprint density at radius 3 is 1.96 bits per heavy atom. The summed E-state index contributed by atoms with van der Waals surface area (Å²) in [6, 6.07) is 26.7. The van der Waals surface area contributed by atoms with E-state index in [-0.39, 0.29) is 12.4 Å². The molecule has 0 aromatic heterocycles. The minimum Gasteiger partial charge on any atom is -0.398 e. The third kappa shape index (κ3) is 6.67. The number of thioether (sulfide) groups is 1. The minimum absolute atomic E-state index is 0. The molecule has 0 radical (unpaired) electrons. The zero-order valence-electron chi connectivity index (χ0n) is 15.6. The van der Waals surface area contributed by atoms with Crippen molar-refractivity contribution in [2.24, 2.45) is 0 Å². The molecule has 0 spiro atoms. The van der Waals surface area contributed by atoms with Gasteiger partial charge in [0.1, 0.15) is 0 Å². The van der Waals surface area contributed by atoms with E-state index in [9.17, 15) is 0 Å². The van der Waals surface area contributed by atoms with Crippen LogP contribution in [0.1, 0.15) is 17.9 Å². The van der Waals surface area contributed by atoms with Crippen LogP contribution < -0.4 is 16.2 Å². The van der Waals surface area contributed by atoms with Crippen LogP contribution >= 0.6 is 36.1 Å². The molecular weight excluding hydrogens is 406 g/mol. The molecular formula is C22H26ClN3S2. The van der Waals surface area contributed by atoms with Crippen molar-refractivity contribution in [3.05, 3.63) is 84.4 Å². The average molecular weight is 432 g/mol. The van der Waals surface area contributed by atoms with Crippen LogP contribution in [0.5, 0.6) is 0 Å². The summed E-state index contributed by atoms with van der Waals surface area (Å²) in [4.78, 5) is 2.22. The highest BCUT2D eigenvalue weighted by Gasteiger charge is 2.12. The van der Waals surface area contributed by atoms with Gasteiger partial charge in [-0.15, -0.1) is 24.2 Å². The summed E-state index contributed by atoms with van der Waals surface area (Å²) in [7, 11) is 0. The van der Waals surface area contributed by atoms with Gasteiger partial charge in [-0.1, -0.05) is 54.6 Å². The van der Waals surface area contributed by atoms with Crippen molar-refractivity contribution >= 4 is 47.5 Å². The molecule has 3 aromatic rings. The zero-order valence-corrected chi connectivity index (χ0v) is 18.0. The second-order valence-corrected chi connectivity index (χ2v) is 8.34. The Hall–Kier alpha value is -1.79. The number of para-hydroxylation sites is 2. The van der Waals surface area contributed by atoms with E-state index >= 15 is 0 Å². The van der Waals surface area contributed by atoms with Crippen LogP contribution in [-0.4, -0.2) is 12.3 Å². The predicted molar refractivity (Wildman–Crippen MR) is 127 cm³/mol. The number of rotatable bonds is 9. The Balaban J connectivity index is 0.00000280. The largest absolute Gasteiger partial charge is 0.398 e. The lowest BCUT2D eigenvalue weighted by molar-refractivity contribution is 0.658. The molecule has 3 nitrogen and oxygen atoms in total. The first-order valence-electron chi connectivity index (χ1n) is 9.00. The zero-order chi connectivity index (χ0) is 18.9. The Morgan fingerprint density at radius 2 is 1.32 bits per heavy atom. The fraction of sp³-hybridized carbons (Fsp3) is 0.182. The van der Waals surface area contributed by atoms with Crippen molar-refractivity contribution in [3.8, 4) is 0 Å². The molecule has 0 fully saturated rings. The Morgan fingerprint density at radius 1 is 0.750 bits per heavy atom. The molecule has 0 bridgehead atoms. The molecule has 148 valence electrons. The Bertz CT molecular complexity index is 794. The van der Waals surface area contributed by atoms with Gasteiger partial charge in [0.05, 0.1) is 0 Å². The second kappa shape index (κ2) is 11.9. The summed E-state index contributed by atoms with van der Waals surface area (Å²) in [5, 5.41) is 0. The van der Waals surface area contributed by atoms with Gasteiger partial charge in [0.25, 0.3) is 0 Å². The van der Waals surface area contributed by atoms with Crippen molar-refractivity contribution in [1.29, 1.82) is 0 Å². The molecule has 3 rings (SSSR count). The van der Waals surface area contributed by atoms with Crippen LogP contribution in [0.2, 0.25) is 0 Å². The number of anilines is 2. The standard InChI is InChI=1S/C22H25N3S2.ClH/c23-19-10-4-6-12-21(19)26-15-14-18(17-8-2-1-3-9-17)16-25-27-22-13-7-5-11-20(22)24;/h1-13,18,25H,14-16,23-24H2;1H. The number of hydrogen-bond donors (Lipinski definition) is 3. The van der Waals surface area contributed by atoms with Crippen molar-refractivity contribution in [3.63, 3.8) is 0 Å². The molecule has 0 aliphatic carbocycles. The summed E-state index contributed by atoms with van der Waals surface area (Å²) in [5.74, 6) is 1.45. The smallest absolute Gasteiger partial charge is 0.0465 e. The average Bonchev–Trinajstić information content (AvgIpc) is 2.70. The lowest BCUT2D eigenvalue weighted by atomic mass is 9.97. The van der Waals surface area contributed by atoms with Crippen molar-refractivity contribution < 1.29 is 0 Å². The highest BCUT2D eigenvalue weighted by Crippen LogP contribution is 2.29. The molecule has 28 heavy (non-hydrogen) atoms. The highest BCUT2D eigenvalue weighted by atomic mass is 35.5. The van der Waals surface area contributed by atoms with Crippen molar-refractivity contribution in [2.45, 2.75) is 22.1 Å². The van der Waals surface area contributed by atoms with E-state index in [0.717, 1.165) is 39.9 Å².